The maximum atomic E-state index is 11.9. The van der Waals surface area contributed by atoms with Crippen molar-refractivity contribution in [3.63, 3.8) is 0 Å². The van der Waals surface area contributed by atoms with Gasteiger partial charge in [0.2, 0.25) is 0 Å². The van der Waals surface area contributed by atoms with Crippen LogP contribution in [0.15, 0.2) is 36.4 Å². The second-order valence-corrected chi connectivity index (χ2v) is 6.30. The predicted octanol–water partition coefficient (Wildman–Crippen LogP) is 3.41. The van der Waals surface area contributed by atoms with Crippen molar-refractivity contribution in [1.82, 2.24) is 10.6 Å². The average molecular weight is 356 g/mol. The highest BCUT2D eigenvalue weighted by Gasteiger charge is 2.06. The van der Waals surface area contributed by atoms with Crippen LogP contribution in [0, 0.1) is 13.8 Å². The molecule has 2 aromatic carbocycles. The smallest absolute Gasteiger partial charge is 0.314 e. The van der Waals surface area contributed by atoms with Crippen LogP contribution in [0.25, 0.3) is 0 Å². The molecule has 26 heavy (non-hydrogen) atoms. The number of hydrogen-bond acceptors (Lipinski definition) is 3. The van der Waals surface area contributed by atoms with E-state index in [1.807, 2.05) is 18.2 Å². The minimum Gasteiger partial charge on any atom is -0.493 e. The molecule has 0 radical (unpaired) electrons. The molecule has 0 heterocycles. The van der Waals surface area contributed by atoms with Gasteiger partial charge in [-0.25, -0.2) is 4.79 Å². The van der Waals surface area contributed by atoms with Crippen LogP contribution in [0.1, 0.15) is 22.3 Å². The van der Waals surface area contributed by atoms with E-state index in [1.165, 1.54) is 16.7 Å². The van der Waals surface area contributed by atoms with Gasteiger partial charge in [-0.3, -0.25) is 0 Å². The van der Waals surface area contributed by atoms with Crippen LogP contribution in [0.2, 0.25) is 0 Å². The van der Waals surface area contributed by atoms with Crippen LogP contribution >= 0.6 is 0 Å². The van der Waals surface area contributed by atoms with Gasteiger partial charge in [0, 0.05) is 13.1 Å². The van der Waals surface area contributed by atoms with E-state index in [2.05, 4.69) is 42.7 Å². The molecule has 2 rings (SSSR count). The van der Waals surface area contributed by atoms with Crippen LogP contribution in [-0.2, 0) is 12.8 Å². The van der Waals surface area contributed by atoms with Crippen molar-refractivity contribution in [3.05, 3.63) is 58.7 Å². The van der Waals surface area contributed by atoms with Crippen molar-refractivity contribution < 1.29 is 14.3 Å². The van der Waals surface area contributed by atoms with E-state index in [1.54, 1.807) is 14.2 Å². The Morgan fingerprint density at radius 3 is 2.23 bits per heavy atom. The van der Waals surface area contributed by atoms with Crippen molar-refractivity contribution in [2.24, 2.45) is 0 Å². The molecule has 0 aliphatic heterocycles. The monoisotopic (exact) mass is 356 g/mol. The lowest BCUT2D eigenvalue weighted by Crippen LogP contribution is -2.37. The first-order valence-electron chi connectivity index (χ1n) is 8.82. The number of carbonyl (C=O) groups excluding carboxylic acids is 1. The second-order valence-electron chi connectivity index (χ2n) is 6.30. The van der Waals surface area contributed by atoms with Crippen molar-refractivity contribution in [3.8, 4) is 11.5 Å². The number of nitrogens with one attached hydrogen (secondary N) is 2. The molecule has 5 heteroatoms. The van der Waals surface area contributed by atoms with Crippen LogP contribution in [-0.4, -0.2) is 33.3 Å². The molecule has 0 aliphatic rings. The van der Waals surface area contributed by atoms with Gasteiger partial charge >= 0.3 is 6.03 Å². The van der Waals surface area contributed by atoms with Crippen LogP contribution in [0.4, 0.5) is 4.79 Å². The van der Waals surface area contributed by atoms with E-state index in [-0.39, 0.29) is 6.03 Å². The van der Waals surface area contributed by atoms with Crippen molar-refractivity contribution >= 4 is 6.03 Å². The fourth-order valence-corrected chi connectivity index (χ4v) is 2.86. The summed E-state index contributed by atoms with van der Waals surface area (Å²) in [6, 6.07) is 12.0. The van der Waals surface area contributed by atoms with E-state index in [4.69, 9.17) is 9.47 Å². The maximum absolute atomic E-state index is 11.9. The van der Waals surface area contributed by atoms with Gasteiger partial charge in [0.1, 0.15) is 0 Å². The Bertz CT molecular complexity index is 744. The zero-order valence-electron chi connectivity index (χ0n) is 16.0. The highest BCUT2D eigenvalue weighted by atomic mass is 16.5. The van der Waals surface area contributed by atoms with Gasteiger partial charge in [0.15, 0.2) is 11.5 Å². The van der Waals surface area contributed by atoms with Gasteiger partial charge in [-0.2, -0.15) is 0 Å². The Hall–Kier alpha value is -2.69. The molecule has 0 fully saturated rings. The summed E-state index contributed by atoms with van der Waals surface area (Å²) >= 11 is 0. The third-order valence-electron chi connectivity index (χ3n) is 4.33. The molecule has 140 valence electrons. The lowest BCUT2D eigenvalue weighted by Gasteiger charge is -2.11. The van der Waals surface area contributed by atoms with E-state index >= 15 is 0 Å². The molecule has 0 spiro atoms. The summed E-state index contributed by atoms with van der Waals surface area (Å²) in [7, 11) is 3.23. The number of hydrogen-bond donors (Lipinski definition) is 2. The van der Waals surface area contributed by atoms with Gasteiger partial charge in [-0.1, -0.05) is 29.8 Å². The summed E-state index contributed by atoms with van der Waals surface area (Å²) < 4.78 is 10.5. The molecular formula is C21H28N2O3. The van der Waals surface area contributed by atoms with Gasteiger partial charge < -0.3 is 20.1 Å². The Kier molecular flexibility index (Phi) is 7.33. The Morgan fingerprint density at radius 2 is 1.58 bits per heavy atom. The van der Waals surface area contributed by atoms with Gasteiger partial charge in [0.25, 0.3) is 0 Å². The van der Waals surface area contributed by atoms with Crippen LogP contribution in [0.5, 0.6) is 11.5 Å². The lowest BCUT2D eigenvalue weighted by molar-refractivity contribution is 0.241. The topological polar surface area (TPSA) is 59.6 Å². The average Bonchev–Trinajstić information content (AvgIpc) is 2.63. The van der Waals surface area contributed by atoms with Crippen molar-refractivity contribution in [2.75, 3.05) is 27.3 Å². The number of amides is 2. The molecule has 0 saturated heterocycles. The Balaban J connectivity index is 1.72. The summed E-state index contributed by atoms with van der Waals surface area (Å²) in [4.78, 5) is 11.9. The van der Waals surface area contributed by atoms with Crippen molar-refractivity contribution in [2.45, 2.75) is 26.7 Å². The molecule has 0 unspecified atom stereocenters. The quantitative estimate of drug-likeness (QED) is 0.762. The van der Waals surface area contributed by atoms with E-state index < -0.39 is 0 Å². The van der Waals surface area contributed by atoms with Gasteiger partial charge in [-0.05, 0) is 55.5 Å². The molecule has 0 aliphatic carbocycles. The number of methoxy groups -OCH3 is 2. The molecule has 0 bridgehead atoms. The number of carbonyl (C=O) groups is 1. The lowest BCUT2D eigenvalue weighted by atomic mass is 10.0. The molecule has 0 atom stereocenters. The third kappa shape index (κ3) is 5.69. The minimum atomic E-state index is -0.143. The summed E-state index contributed by atoms with van der Waals surface area (Å²) in [6.45, 7) is 5.36. The number of rotatable bonds is 8. The molecule has 5 nitrogen and oxygen atoms in total. The van der Waals surface area contributed by atoms with Crippen molar-refractivity contribution in [1.29, 1.82) is 0 Å². The third-order valence-corrected chi connectivity index (χ3v) is 4.33. The SMILES string of the molecule is COc1ccc(CCNC(=O)NCCc2ccc(C)cc2C)cc1OC. The largest absolute Gasteiger partial charge is 0.493 e. The molecular weight excluding hydrogens is 328 g/mol. The molecule has 2 aromatic rings. The molecule has 2 amide bonds. The number of aryl methyl sites for hydroxylation is 2. The Labute approximate surface area is 155 Å². The zero-order valence-corrected chi connectivity index (χ0v) is 16.0. The van der Waals surface area contributed by atoms with E-state index in [9.17, 15) is 4.79 Å². The highest BCUT2D eigenvalue weighted by Crippen LogP contribution is 2.27. The fourth-order valence-electron chi connectivity index (χ4n) is 2.86. The standard InChI is InChI=1S/C21H28N2O3/c1-15-5-7-18(16(2)13-15)10-12-23-21(24)22-11-9-17-6-8-19(25-3)20(14-17)26-4/h5-8,13-14H,9-12H2,1-4H3,(H2,22,23,24). The summed E-state index contributed by atoms with van der Waals surface area (Å²) in [5.74, 6) is 1.40. The Morgan fingerprint density at radius 1 is 0.885 bits per heavy atom. The molecule has 2 N–H and O–H groups in total. The first-order chi connectivity index (χ1) is 12.5. The first-order valence-corrected chi connectivity index (χ1v) is 8.82. The number of ether oxygens (including phenoxy) is 2. The summed E-state index contributed by atoms with van der Waals surface area (Å²) in [5, 5.41) is 5.79. The highest BCUT2D eigenvalue weighted by molar-refractivity contribution is 5.73. The molecule has 0 saturated carbocycles. The number of benzene rings is 2. The predicted molar refractivity (Wildman–Crippen MR) is 104 cm³/mol. The van der Waals surface area contributed by atoms with E-state index in [0.29, 0.717) is 24.6 Å². The van der Waals surface area contributed by atoms with Crippen LogP contribution in [0.3, 0.4) is 0 Å². The normalized spacial score (nSPS) is 10.3. The van der Waals surface area contributed by atoms with Crippen LogP contribution < -0.4 is 20.1 Å². The van der Waals surface area contributed by atoms with Gasteiger partial charge in [-0.15, -0.1) is 0 Å². The summed E-state index contributed by atoms with van der Waals surface area (Å²) in [6.07, 6.45) is 1.56. The van der Waals surface area contributed by atoms with E-state index in [0.717, 1.165) is 18.4 Å². The second kappa shape index (κ2) is 9.70. The van der Waals surface area contributed by atoms with Gasteiger partial charge in [0.05, 0.1) is 14.2 Å². The zero-order chi connectivity index (χ0) is 18.9. The fraction of sp³-hybridized carbons (Fsp3) is 0.381. The summed E-state index contributed by atoms with van der Waals surface area (Å²) in [5.41, 5.74) is 4.87. The first kappa shape index (κ1) is 19.6. The number of urea groups is 1. The maximum Gasteiger partial charge on any atom is 0.314 e. The minimum absolute atomic E-state index is 0.143. The molecule has 0 aromatic heterocycles.